The lowest BCUT2D eigenvalue weighted by molar-refractivity contribution is 0.969. The maximum atomic E-state index is 4.18. The summed E-state index contributed by atoms with van der Waals surface area (Å²) in [5, 5.41) is 0. The summed E-state index contributed by atoms with van der Waals surface area (Å²) in [5.74, 6) is 0. The van der Waals surface area contributed by atoms with Crippen molar-refractivity contribution < 1.29 is 0 Å². The molecule has 2 aromatic carbocycles. The number of hydrogen-bond acceptors (Lipinski definition) is 0. The van der Waals surface area contributed by atoms with Gasteiger partial charge in [-0.05, 0) is 167 Å². The lowest BCUT2D eigenvalue weighted by atomic mass is 9.91. The zero-order chi connectivity index (χ0) is 37.2. The van der Waals surface area contributed by atoms with Crippen molar-refractivity contribution in [3.8, 4) is 11.4 Å². The second-order valence-electron chi connectivity index (χ2n) is 14.3. The van der Waals surface area contributed by atoms with Gasteiger partial charge in [0.25, 0.3) is 0 Å². The van der Waals surface area contributed by atoms with Gasteiger partial charge in [0.1, 0.15) is 0 Å². The van der Waals surface area contributed by atoms with Gasteiger partial charge in [0.05, 0.1) is 5.69 Å². The molecule has 0 N–H and O–H groups in total. The summed E-state index contributed by atoms with van der Waals surface area (Å²) in [4.78, 5) is 0. The van der Waals surface area contributed by atoms with Gasteiger partial charge in [-0.25, -0.2) is 0 Å². The van der Waals surface area contributed by atoms with Crippen LogP contribution >= 0.6 is 0 Å². The van der Waals surface area contributed by atoms with E-state index in [1.807, 2.05) is 6.08 Å². The van der Waals surface area contributed by atoms with E-state index in [-0.39, 0.29) is 0 Å². The van der Waals surface area contributed by atoms with Gasteiger partial charge in [-0.15, -0.1) is 0 Å². The molecule has 0 saturated carbocycles. The van der Waals surface area contributed by atoms with Crippen LogP contribution in [0, 0.1) is 13.8 Å². The van der Waals surface area contributed by atoms with Crippen LogP contribution in [-0.4, -0.2) is 9.13 Å². The second kappa shape index (κ2) is 17.9. The van der Waals surface area contributed by atoms with Crippen LogP contribution in [0.2, 0.25) is 0 Å². The molecule has 2 aromatic heterocycles. The van der Waals surface area contributed by atoms with Gasteiger partial charge in [0.15, 0.2) is 0 Å². The third-order valence-electron chi connectivity index (χ3n) is 10.6. The summed E-state index contributed by atoms with van der Waals surface area (Å²) in [6.07, 6.45) is 42.2. The number of nitrogens with zero attached hydrogens (tertiary/aromatic N) is 2. The smallest absolute Gasteiger partial charge is 0.0527 e. The average Bonchev–Trinajstić information content (AvgIpc) is 3.67. The zero-order valence-electron chi connectivity index (χ0n) is 32.5. The first kappa shape index (κ1) is 37.4. The molecule has 0 atom stereocenters. The van der Waals surface area contributed by atoms with E-state index in [0.29, 0.717) is 0 Å². The Balaban J connectivity index is 1.29. The van der Waals surface area contributed by atoms with Gasteiger partial charge >= 0.3 is 0 Å². The maximum absolute atomic E-state index is 4.18. The second-order valence-corrected chi connectivity index (χ2v) is 14.3. The molecule has 2 heteroatoms. The molecule has 0 fully saturated rings. The predicted molar refractivity (Wildman–Crippen MR) is 234 cm³/mol. The largest absolute Gasteiger partial charge is 0.316 e. The Bertz CT molecular complexity index is 2120. The molecule has 0 saturated heterocycles. The molecule has 2 nitrogen and oxygen atoms in total. The summed E-state index contributed by atoms with van der Waals surface area (Å²) in [7, 11) is 0. The molecule has 0 bridgehead atoms. The summed E-state index contributed by atoms with van der Waals surface area (Å²) < 4.78 is 4.80. The zero-order valence-corrected chi connectivity index (χ0v) is 32.5. The SMILES string of the molecule is C=Cc1c(CC/C=C(\C)C/C=C\c2c(C)c(C)c(/C=C\CC)n2-c2cc(C3=CC=CCC3)cc(C3=CC=CCC3)c2)cn(-c2ccccc2)c1/C=C\C. The van der Waals surface area contributed by atoms with Crippen LogP contribution in [0.4, 0.5) is 0 Å². The summed E-state index contributed by atoms with van der Waals surface area (Å²) >= 11 is 0. The Morgan fingerprint density at radius 1 is 0.792 bits per heavy atom. The van der Waals surface area contributed by atoms with Crippen LogP contribution < -0.4 is 0 Å². The molecular formula is C51H56N2. The third kappa shape index (κ3) is 8.66. The molecule has 4 aromatic rings. The van der Waals surface area contributed by atoms with Gasteiger partial charge in [-0.2, -0.15) is 0 Å². The molecule has 0 amide bonds. The highest BCUT2D eigenvalue weighted by Crippen LogP contribution is 2.35. The number of allylic oxidation sites excluding steroid dienone is 13. The highest BCUT2D eigenvalue weighted by Gasteiger charge is 2.19. The topological polar surface area (TPSA) is 9.86 Å². The molecule has 2 aliphatic carbocycles. The molecule has 6 rings (SSSR count). The van der Waals surface area contributed by atoms with Crippen molar-refractivity contribution in [2.75, 3.05) is 0 Å². The standard InChI is InChI=1S/C51H56N2/c1-7-10-32-49-39(5)40(6)50(53(49)47-35-44(41-25-14-11-15-26-41)34-45(36-47)42-27-16-12-17-28-42)33-21-24-38(4)23-20-29-43-37-52(46-30-18-13-19-31-46)51(22-8-2)48(43)9-3/h8-14,16,18-19,21-23,25,27,30-37H,3,7,15,17,20,24,26,28-29H2,1-2,4-6H3/b22-8-,32-10-,33-21-,38-23+. The Kier molecular flexibility index (Phi) is 12.7. The van der Waals surface area contributed by atoms with Gasteiger partial charge < -0.3 is 9.13 Å². The first-order valence-electron chi connectivity index (χ1n) is 19.6. The first-order valence-corrected chi connectivity index (χ1v) is 19.6. The molecule has 0 radical (unpaired) electrons. The Morgan fingerprint density at radius 2 is 1.43 bits per heavy atom. The lowest BCUT2D eigenvalue weighted by Gasteiger charge is -2.19. The summed E-state index contributed by atoms with van der Waals surface area (Å²) in [6, 6.07) is 17.8. The van der Waals surface area contributed by atoms with Crippen molar-refractivity contribution in [1.82, 2.24) is 9.13 Å². The average molecular weight is 697 g/mol. The monoisotopic (exact) mass is 696 g/mol. The fourth-order valence-corrected chi connectivity index (χ4v) is 7.62. The molecule has 53 heavy (non-hydrogen) atoms. The van der Waals surface area contributed by atoms with Gasteiger partial charge in [-0.1, -0.05) is 104 Å². The number of aryl methyl sites for hydroxylation is 1. The predicted octanol–water partition coefficient (Wildman–Crippen LogP) is 14.4. The van der Waals surface area contributed by atoms with Crippen molar-refractivity contribution in [3.05, 3.63) is 178 Å². The van der Waals surface area contributed by atoms with Gasteiger partial charge in [0.2, 0.25) is 0 Å². The van der Waals surface area contributed by atoms with Crippen molar-refractivity contribution in [3.63, 3.8) is 0 Å². The minimum absolute atomic E-state index is 0.913. The summed E-state index contributed by atoms with van der Waals surface area (Å²) in [6.45, 7) is 15.3. The van der Waals surface area contributed by atoms with E-state index >= 15 is 0 Å². The van der Waals surface area contributed by atoms with Gasteiger partial charge in [0, 0.05) is 34.5 Å². The van der Waals surface area contributed by atoms with E-state index in [1.165, 1.54) is 78.6 Å². The Hall–Kier alpha value is -5.34. The van der Waals surface area contributed by atoms with E-state index < -0.39 is 0 Å². The van der Waals surface area contributed by atoms with E-state index in [0.717, 1.165) is 51.4 Å². The normalized spacial score (nSPS) is 14.9. The fraction of sp³-hybridized carbons (Fsp3) is 0.255. The van der Waals surface area contributed by atoms with Crippen LogP contribution in [0.15, 0.2) is 128 Å². The highest BCUT2D eigenvalue weighted by atomic mass is 15.0. The lowest BCUT2D eigenvalue weighted by Crippen LogP contribution is -2.03. The van der Waals surface area contributed by atoms with Crippen molar-refractivity contribution >= 4 is 35.5 Å². The molecule has 0 spiro atoms. The van der Waals surface area contributed by atoms with E-state index in [9.17, 15) is 0 Å². The maximum Gasteiger partial charge on any atom is 0.0527 e. The minimum atomic E-state index is 0.913. The minimum Gasteiger partial charge on any atom is -0.316 e. The number of hydrogen-bond donors (Lipinski definition) is 0. The van der Waals surface area contributed by atoms with Crippen LogP contribution in [-0.2, 0) is 6.42 Å². The highest BCUT2D eigenvalue weighted by molar-refractivity contribution is 5.78. The third-order valence-corrected chi connectivity index (χ3v) is 10.6. The molecule has 0 unspecified atom stereocenters. The molecule has 2 aliphatic rings. The van der Waals surface area contributed by atoms with Crippen molar-refractivity contribution in [1.29, 1.82) is 0 Å². The van der Waals surface area contributed by atoms with E-state index in [1.54, 1.807) is 0 Å². The fourth-order valence-electron chi connectivity index (χ4n) is 7.62. The Labute approximate surface area is 319 Å². The molecular weight excluding hydrogens is 641 g/mol. The van der Waals surface area contributed by atoms with Crippen molar-refractivity contribution in [2.24, 2.45) is 0 Å². The van der Waals surface area contributed by atoms with Crippen LogP contribution in [0.5, 0.6) is 0 Å². The van der Waals surface area contributed by atoms with Crippen molar-refractivity contribution in [2.45, 2.75) is 86.0 Å². The van der Waals surface area contributed by atoms with Crippen LogP contribution in [0.3, 0.4) is 0 Å². The van der Waals surface area contributed by atoms with Crippen LogP contribution in [0.25, 0.3) is 46.8 Å². The van der Waals surface area contributed by atoms with Crippen LogP contribution in [0.1, 0.15) is 116 Å². The molecule has 0 aliphatic heterocycles. The first-order chi connectivity index (χ1) is 25.9. The number of aromatic nitrogens is 2. The molecule has 2 heterocycles. The number of rotatable bonds is 14. The van der Waals surface area contributed by atoms with Gasteiger partial charge in [-0.3, -0.25) is 0 Å². The van der Waals surface area contributed by atoms with E-state index in [2.05, 4.69) is 184 Å². The van der Waals surface area contributed by atoms with E-state index in [4.69, 9.17) is 0 Å². The quantitative estimate of drug-likeness (QED) is 0.116. The molecule has 270 valence electrons. The number of benzene rings is 2. The number of para-hydroxylation sites is 1. The summed E-state index contributed by atoms with van der Waals surface area (Å²) in [5.41, 5.74) is 18.2. The Morgan fingerprint density at radius 3 is 2.00 bits per heavy atom.